The summed E-state index contributed by atoms with van der Waals surface area (Å²) in [6.45, 7) is 37.1. The molecule has 12 heteroatoms. The molecule has 0 aromatic carbocycles. The average Bonchev–Trinajstić information content (AvgIpc) is 2.95. The molecule has 0 N–H and O–H groups in total. The summed E-state index contributed by atoms with van der Waals surface area (Å²) < 4.78 is 13.3. The number of hydrogen-bond donors (Lipinski definition) is 0. The number of hydrogen-bond acceptors (Lipinski definition) is 10. The minimum absolute atomic E-state index is 0.111. The Morgan fingerprint density at radius 2 is 0.775 bits per heavy atom. The van der Waals surface area contributed by atoms with Gasteiger partial charge in [-0.2, -0.15) is 0 Å². The van der Waals surface area contributed by atoms with Crippen LogP contribution >= 0.6 is 41.2 Å². The normalized spacial score (nSPS) is 15.3. The van der Waals surface area contributed by atoms with Crippen molar-refractivity contribution in [2.45, 2.75) is 117 Å². The van der Waals surface area contributed by atoms with Crippen molar-refractivity contribution in [2.75, 3.05) is 65.6 Å². The van der Waals surface area contributed by atoms with Crippen LogP contribution in [0.15, 0.2) is 0 Å². The van der Waals surface area contributed by atoms with Crippen LogP contribution < -0.4 is 0 Å². The summed E-state index contributed by atoms with van der Waals surface area (Å²) in [7, 11) is 7.97. The lowest BCUT2D eigenvalue weighted by Crippen LogP contribution is -2.60. The van der Waals surface area contributed by atoms with E-state index in [2.05, 4.69) is 124 Å². The van der Waals surface area contributed by atoms with E-state index in [-0.39, 0.29) is 30.7 Å². The minimum atomic E-state index is -0.317. The maximum Gasteiger partial charge on any atom is 0.176 e. The van der Waals surface area contributed by atoms with E-state index in [4.69, 9.17) is 9.47 Å². The van der Waals surface area contributed by atoms with Crippen molar-refractivity contribution in [3.8, 4) is 0 Å². The highest BCUT2D eigenvalue weighted by atomic mass is 33.7. The first-order valence-corrected chi connectivity index (χ1v) is 25.5. The van der Waals surface area contributed by atoms with Gasteiger partial charge in [0, 0.05) is 28.8 Å². The molecule has 2 unspecified atom stereocenters. The van der Waals surface area contributed by atoms with E-state index in [0.717, 1.165) is 88.2 Å². The molecule has 40 heavy (non-hydrogen) atoms. The van der Waals surface area contributed by atoms with E-state index in [1.54, 1.807) is 0 Å². The Kier molecular flexibility index (Phi) is 24.9. The highest BCUT2D eigenvalue weighted by Gasteiger charge is 2.37. The van der Waals surface area contributed by atoms with Crippen LogP contribution in [0.1, 0.15) is 82.1 Å². The van der Waals surface area contributed by atoms with Crippen molar-refractivity contribution in [1.29, 1.82) is 0 Å². The lowest BCUT2D eigenvalue weighted by atomic mass is 10.3. The molecule has 0 fully saturated rings. The standard InChI is InChI=1S/C28H66N4O2S4Si2/c1-13-29(14-2)27(9,30(15-3)16-4)33-23-21-25(39-11)35-37-38-36-26(40-12)22-24-34-28(10,31(17-5)18-6)32(19-7)20-8/h25-26H,13-24,39-40H2,1-12H3. The first-order chi connectivity index (χ1) is 19.1. The quantitative estimate of drug-likeness (QED) is 0.0430. The van der Waals surface area contributed by atoms with Crippen LogP contribution in [-0.2, 0) is 9.47 Å². The van der Waals surface area contributed by atoms with Crippen molar-refractivity contribution in [2.24, 2.45) is 0 Å². The smallest absolute Gasteiger partial charge is 0.176 e. The first-order valence-electron chi connectivity index (χ1n) is 16.1. The average molecular weight is 675 g/mol. The molecule has 0 saturated heterocycles. The van der Waals surface area contributed by atoms with Gasteiger partial charge in [-0.05, 0) is 98.7 Å². The lowest BCUT2D eigenvalue weighted by Gasteiger charge is -2.47. The molecule has 6 nitrogen and oxygen atoms in total. The largest absolute Gasteiger partial charge is 0.347 e. The van der Waals surface area contributed by atoms with Crippen LogP contribution in [0.4, 0.5) is 0 Å². The molecule has 0 aromatic heterocycles. The fourth-order valence-electron chi connectivity index (χ4n) is 5.56. The van der Waals surface area contributed by atoms with Gasteiger partial charge in [0.25, 0.3) is 0 Å². The topological polar surface area (TPSA) is 31.4 Å². The summed E-state index contributed by atoms with van der Waals surface area (Å²) in [5.41, 5.74) is 0. The van der Waals surface area contributed by atoms with E-state index in [0.29, 0.717) is 0 Å². The molecule has 0 rings (SSSR count). The number of ether oxygens (including phenoxy) is 2. The second-order valence-corrected chi connectivity index (χ2v) is 21.4. The van der Waals surface area contributed by atoms with Crippen LogP contribution in [0.3, 0.4) is 0 Å². The van der Waals surface area contributed by atoms with Gasteiger partial charge in [-0.1, -0.05) is 90.1 Å². The van der Waals surface area contributed by atoms with E-state index in [1.807, 2.05) is 19.7 Å². The van der Waals surface area contributed by atoms with Gasteiger partial charge >= 0.3 is 0 Å². The Morgan fingerprint density at radius 1 is 0.525 bits per heavy atom. The first kappa shape index (κ1) is 41.6. The molecule has 0 saturated carbocycles. The molecule has 0 spiro atoms. The summed E-state index contributed by atoms with van der Waals surface area (Å²) in [6.07, 6.45) is 2.30. The Morgan fingerprint density at radius 3 is 0.975 bits per heavy atom. The summed E-state index contributed by atoms with van der Waals surface area (Å²) in [6, 6.07) is 0. The van der Waals surface area contributed by atoms with Crippen LogP contribution in [0.5, 0.6) is 0 Å². The molecule has 242 valence electrons. The zero-order valence-corrected chi connectivity index (χ0v) is 34.4. The third-order valence-electron chi connectivity index (χ3n) is 8.32. The molecule has 0 heterocycles. The minimum Gasteiger partial charge on any atom is -0.347 e. The SMILES string of the molecule is CCN(CC)C(C)(OCCC([SiH2]C)SSSSC(CCOC(C)(N(CC)CC)N(CC)CC)[SiH2]C)N(CC)CC. The number of nitrogens with zero attached hydrogens (tertiary/aromatic N) is 4. The molecule has 0 aromatic rings. The van der Waals surface area contributed by atoms with Crippen molar-refractivity contribution in [3.63, 3.8) is 0 Å². The Hall–Kier alpha value is 1.59. The Bertz CT molecular complexity index is 529. The fourth-order valence-corrected chi connectivity index (χ4v) is 19.7. The third-order valence-corrected chi connectivity index (χ3v) is 22.3. The van der Waals surface area contributed by atoms with Crippen LogP contribution in [-0.4, -0.2) is 126 Å². The summed E-state index contributed by atoms with van der Waals surface area (Å²) >= 11 is 0. The van der Waals surface area contributed by atoms with Crippen molar-refractivity contribution in [1.82, 2.24) is 19.6 Å². The van der Waals surface area contributed by atoms with Crippen LogP contribution in [0.25, 0.3) is 0 Å². The zero-order chi connectivity index (χ0) is 30.6. The molecule has 0 aliphatic carbocycles. The van der Waals surface area contributed by atoms with Crippen molar-refractivity contribution in [3.05, 3.63) is 0 Å². The summed E-state index contributed by atoms with van der Waals surface area (Å²) in [5, 5.41) is 0. The Balaban J connectivity index is 4.76. The van der Waals surface area contributed by atoms with Crippen LogP contribution in [0.2, 0.25) is 13.1 Å². The third kappa shape index (κ3) is 13.3. The number of rotatable bonds is 27. The van der Waals surface area contributed by atoms with Gasteiger partial charge in [-0.25, -0.2) is 0 Å². The van der Waals surface area contributed by atoms with E-state index >= 15 is 0 Å². The van der Waals surface area contributed by atoms with E-state index in [9.17, 15) is 0 Å². The predicted octanol–water partition coefficient (Wildman–Crippen LogP) is 6.28. The highest BCUT2D eigenvalue weighted by Crippen LogP contribution is 2.47. The molecule has 2 atom stereocenters. The molecule has 0 radical (unpaired) electrons. The summed E-state index contributed by atoms with van der Waals surface area (Å²) in [4.78, 5) is 11.3. The highest BCUT2D eigenvalue weighted by molar-refractivity contribution is 9.26. The van der Waals surface area contributed by atoms with Gasteiger partial charge in [0.15, 0.2) is 11.7 Å². The predicted molar refractivity (Wildman–Crippen MR) is 196 cm³/mol. The Labute approximate surface area is 270 Å². The van der Waals surface area contributed by atoms with Crippen molar-refractivity contribution < 1.29 is 9.47 Å². The summed E-state index contributed by atoms with van der Waals surface area (Å²) in [5.74, 6) is -0.633. The van der Waals surface area contributed by atoms with Gasteiger partial charge in [0.2, 0.25) is 0 Å². The molecule has 0 bridgehead atoms. The molecular weight excluding hydrogens is 609 g/mol. The second kappa shape index (κ2) is 23.9. The van der Waals surface area contributed by atoms with E-state index < -0.39 is 0 Å². The van der Waals surface area contributed by atoms with Gasteiger partial charge in [-0.3, -0.25) is 19.6 Å². The van der Waals surface area contributed by atoms with Gasteiger partial charge in [-0.15, -0.1) is 0 Å². The monoisotopic (exact) mass is 674 g/mol. The maximum atomic E-state index is 6.67. The molecular formula is C28H66N4O2S4Si2. The fraction of sp³-hybridized carbons (Fsp3) is 1.00. The van der Waals surface area contributed by atoms with Gasteiger partial charge < -0.3 is 9.47 Å². The molecule has 0 amide bonds. The maximum absolute atomic E-state index is 6.67. The van der Waals surface area contributed by atoms with Crippen LogP contribution in [0, 0.1) is 0 Å². The molecule has 0 aliphatic rings. The zero-order valence-electron chi connectivity index (χ0n) is 28.3. The lowest BCUT2D eigenvalue weighted by molar-refractivity contribution is -0.234. The van der Waals surface area contributed by atoms with Gasteiger partial charge in [0.05, 0.1) is 13.2 Å². The van der Waals surface area contributed by atoms with E-state index in [1.165, 1.54) is 0 Å². The second-order valence-electron chi connectivity index (χ2n) is 10.2. The van der Waals surface area contributed by atoms with Gasteiger partial charge in [0.1, 0.15) is 0 Å². The molecule has 0 aliphatic heterocycles. The van der Waals surface area contributed by atoms with Crippen molar-refractivity contribution >= 4 is 60.3 Å².